The molecule has 3 unspecified atom stereocenters. The second-order valence-corrected chi connectivity index (χ2v) is 6.01. The highest BCUT2D eigenvalue weighted by Gasteiger charge is 2.36. The first kappa shape index (κ1) is 13.0. The Hall–Kier alpha value is -0.0800. The summed E-state index contributed by atoms with van der Waals surface area (Å²) in [5, 5.41) is 13.2. The van der Waals surface area contributed by atoms with E-state index < -0.39 is 0 Å². The number of hydrogen-bond donors (Lipinski definition) is 2. The Morgan fingerprint density at radius 2 is 2.07 bits per heavy atom. The zero-order valence-electron chi connectivity index (χ0n) is 10.7. The van der Waals surface area contributed by atoms with Gasteiger partial charge in [-0.2, -0.15) is 0 Å². The first-order valence-electron chi connectivity index (χ1n) is 6.36. The molecule has 2 heteroatoms. The van der Waals surface area contributed by atoms with E-state index in [1.165, 1.54) is 12.8 Å². The second kappa shape index (κ2) is 5.31. The predicted octanol–water partition coefficient (Wildman–Crippen LogP) is 2.56. The van der Waals surface area contributed by atoms with Crippen molar-refractivity contribution < 1.29 is 5.11 Å². The first-order valence-corrected chi connectivity index (χ1v) is 6.36. The molecule has 90 valence electrons. The van der Waals surface area contributed by atoms with E-state index in [0.717, 1.165) is 25.3 Å². The van der Waals surface area contributed by atoms with Crippen LogP contribution in [0.1, 0.15) is 53.4 Å². The summed E-state index contributed by atoms with van der Waals surface area (Å²) in [4.78, 5) is 0. The maximum atomic E-state index is 9.66. The molecule has 0 amide bonds. The lowest BCUT2D eigenvalue weighted by Crippen LogP contribution is -2.37. The van der Waals surface area contributed by atoms with Crippen LogP contribution in [0.4, 0.5) is 0 Å². The summed E-state index contributed by atoms with van der Waals surface area (Å²) in [5.41, 5.74) is 0.479. The van der Waals surface area contributed by atoms with Crippen molar-refractivity contribution in [2.75, 3.05) is 6.54 Å². The number of aliphatic hydroxyl groups is 1. The minimum atomic E-state index is -0.161. The van der Waals surface area contributed by atoms with Gasteiger partial charge in [0.1, 0.15) is 0 Å². The van der Waals surface area contributed by atoms with E-state index >= 15 is 0 Å². The van der Waals surface area contributed by atoms with Gasteiger partial charge >= 0.3 is 0 Å². The molecule has 0 aromatic carbocycles. The van der Waals surface area contributed by atoms with E-state index in [4.69, 9.17) is 0 Å². The molecule has 0 aromatic rings. The van der Waals surface area contributed by atoms with Gasteiger partial charge in [-0.25, -0.2) is 0 Å². The summed E-state index contributed by atoms with van der Waals surface area (Å²) in [6.45, 7) is 9.88. The Kier molecular flexibility index (Phi) is 4.60. The van der Waals surface area contributed by atoms with Crippen molar-refractivity contribution >= 4 is 0 Å². The highest BCUT2D eigenvalue weighted by molar-refractivity contribution is 4.91. The van der Waals surface area contributed by atoms with E-state index in [1.54, 1.807) is 0 Å². The SMILES string of the molecule is CCCC(O)CNC1CC(C)(C)CC1C. The third kappa shape index (κ3) is 4.12. The van der Waals surface area contributed by atoms with Gasteiger partial charge in [0.25, 0.3) is 0 Å². The molecule has 1 rings (SSSR count). The van der Waals surface area contributed by atoms with E-state index in [1.807, 2.05) is 0 Å². The zero-order chi connectivity index (χ0) is 11.5. The van der Waals surface area contributed by atoms with Crippen LogP contribution in [0, 0.1) is 11.3 Å². The minimum absolute atomic E-state index is 0.161. The Balaban J connectivity index is 2.27. The lowest BCUT2D eigenvalue weighted by molar-refractivity contribution is 0.153. The van der Waals surface area contributed by atoms with Crippen LogP contribution in [-0.2, 0) is 0 Å². The van der Waals surface area contributed by atoms with Crippen molar-refractivity contribution in [3.63, 3.8) is 0 Å². The number of rotatable bonds is 5. The Labute approximate surface area is 94.5 Å². The topological polar surface area (TPSA) is 32.3 Å². The summed E-state index contributed by atoms with van der Waals surface area (Å²) < 4.78 is 0. The highest BCUT2D eigenvalue weighted by Crippen LogP contribution is 2.40. The molecule has 0 radical (unpaired) electrons. The van der Waals surface area contributed by atoms with Crippen molar-refractivity contribution in [2.45, 2.75) is 65.5 Å². The molecule has 1 aliphatic rings. The summed E-state index contributed by atoms with van der Waals surface area (Å²) in [5.74, 6) is 0.744. The van der Waals surface area contributed by atoms with Crippen molar-refractivity contribution in [3.8, 4) is 0 Å². The second-order valence-electron chi connectivity index (χ2n) is 6.01. The van der Waals surface area contributed by atoms with Crippen molar-refractivity contribution in [2.24, 2.45) is 11.3 Å². The summed E-state index contributed by atoms with van der Waals surface area (Å²) >= 11 is 0. The van der Waals surface area contributed by atoms with Crippen molar-refractivity contribution in [1.82, 2.24) is 5.32 Å². The van der Waals surface area contributed by atoms with E-state index in [-0.39, 0.29) is 6.10 Å². The molecule has 3 atom stereocenters. The van der Waals surface area contributed by atoms with Gasteiger partial charge in [-0.3, -0.25) is 0 Å². The van der Waals surface area contributed by atoms with Gasteiger partial charge in [0.15, 0.2) is 0 Å². The molecule has 0 aromatic heterocycles. The molecule has 15 heavy (non-hydrogen) atoms. The molecule has 2 N–H and O–H groups in total. The van der Waals surface area contributed by atoms with Crippen LogP contribution < -0.4 is 5.32 Å². The molecule has 1 saturated carbocycles. The standard InChI is InChI=1S/C13H27NO/c1-5-6-11(15)9-14-12-8-13(3,4)7-10(12)2/h10-12,14-15H,5-9H2,1-4H3. The summed E-state index contributed by atoms with van der Waals surface area (Å²) in [6.07, 6.45) is 4.36. The lowest BCUT2D eigenvalue weighted by Gasteiger charge is -2.20. The molecule has 0 heterocycles. The van der Waals surface area contributed by atoms with Crippen LogP contribution in [0.2, 0.25) is 0 Å². The van der Waals surface area contributed by atoms with Gasteiger partial charge in [-0.15, -0.1) is 0 Å². The molecule has 0 saturated heterocycles. The van der Waals surface area contributed by atoms with Crippen molar-refractivity contribution in [1.29, 1.82) is 0 Å². The first-order chi connectivity index (χ1) is 6.94. The minimum Gasteiger partial charge on any atom is -0.392 e. The van der Waals surface area contributed by atoms with Crippen molar-refractivity contribution in [3.05, 3.63) is 0 Å². The molecule has 0 bridgehead atoms. The average Bonchev–Trinajstić information content (AvgIpc) is 2.36. The molecular weight excluding hydrogens is 186 g/mol. The Morgan fingerprint density at radius 3 is 2.53 bits per heavy atom. The lowest BCUT2D eigenvalue weighted by atomic mass is 9.91. The molecule has 0 spiro atoms. The van der Waals surface area contributed by atoms with Crippen LogP contribution in [0.25, 0.3) is 0 Å². The Bertz CT molecular complexity index is 191. The maximum absolute atomic E-state index is 9.66. The van der Waals surface area contributed by atoms with Gasteiger partial charge in [0, 0.05) is 12.6 Å². The van der Waals surface area contributed by atoms with Crippen LogP contribution in [0.5, 0.6) is 0 Å². The third-order valence-electron chi connectivity index (χ3n) is 3.57. The van der Waals surface area contributed by atoms with Gasteiger partial charge < -0.3 is 10.4 Å². The fourth-order valence-electron chi connectivity index (χ4n) is 2.89. The van der Waals surface area contributed by atoms with E-state index in [9.17, 15) is 5.11 Å². The molecular formula is C13H27NO. The van der Waals surface area contributed by atoms with Crippen LogP contribution in [0.3, 0.4) is 0 Å². The normalized spacial score (nSPS) is 31.8. The van der Waals surface area contributed by atoms with Gasteiger partial charge in [-0.05, 0) is 30.6 Å². The number of hydrogen-bond acceptors (Lipinski definition) is 2. The van der Waals surface area contributed by atoms with Gasteiger partial charge in [0.05, 0.1) is 6.10 Å². The number of nitrogens with one attached hydrogen (secondary N) is 1. The largest absolute Gasteiger partial charge is 0.392 e. The van der Waals surface area contributed by atoms with Gasteiger partial charge in [-0.1, -0.05) is 34.1 Å². The fourth-order valence-corrected chi connectivity index (χ4v) is 2.89. The quantitative estimate of drug-likeness (QED) is 0.735. The smallest absolute Gasteiger partial charge is 0.0664 e. The molecule has 1 aliphatic carbocycles. The van der Waals surface area contributed by atoms with E-state index in [2.05, 4.69) is 33.0 Å². The van der Waals surface area contributed by atoms with Crippen LogP contribution in [0.15, 0.2) is 0 Å². The van der Waals surface area contributed by atoms with Gasteiger partial charge in [0.2, 0.25) is 0 Å². The Morgan fingerprint density at radius 1 is 1.40 bits per heavy atom. The molecule has 1 fully saturated rings. The summed E-state index contributed by atoms with van der Waals surface area (Å²) in [6, 6.07) is 0.603. The maximum Gasteiger partial charge on any atom is 0.0664 e. The molecule has 2 nitrogen and oxygen atoms in total. The fraction of sp³-hybridized carbons (Fsp3) is 1.00. The average molecular weight is 213 g/mol. The van der Waals surface area contributed by atoms with E-state index in [0.29, 0.717) is 11.5 Å². The monoisotopic (exact) mass is 213 g/mol. The molecule has 0 aliphatic heterocycles. The van der Waals surface area contributed by atoms with Crippen LogP contribution >= 0.6 is 0 Å². The highest BCUT2D eigenvalue weighted by atomic mass is 16.3. The van der Waals surface area contributed by atoms with Crippen LogP contribution in [-0.4, -0.2) is 23.8 Å². The number of aliphatic hydroxyl groups excluding tert-OH is 1. The summed E-state index contributed by atoms with van der Waals surface area (Å²) in [7, 11) is 0. The predicted molar refractivity (Wildman–Crippen MR) is 64.9 cm³/mol. The third-order valence-corrected chi connectivity index (χ3v) is 3.57. The zero-order valence-corrected chi connectivity index (χ0v) is 10.7.